The smallest absolute Gasteiger partial charge is 0.258 e. The van der Waals surface area contributed by atoms with Crippen molar-refractivity contribution in [3.8, 4) is 22.8 Å². The summed E-state index contributed by atoms with van der Waals surface area (Å²) >= 11 is 0. The third-order valence-electron chi connectivity index (χ3n) is 5.84. The quantitative estimate of drug-likeness (QED) is 0.406. The van der Waals surface area contributed by atoms with Gasteiger partial charge in [0.25, 0.3) is 5.91 Å². The molecular formula is C26H27N7O3. The number of aryl methyl sites for hydroxylation is 1. The first kappa shape index (κ1) is 23.6. The van der Waals surface area contributed by atoms with Crippen LogP contribution in [0, 0.1) is 6.92 Å². The van der Waals surface area contributed by atoms with Gasteiger partial charge in [0, 0.05) is 55.5 Å². The Bertz CT molecular complexity index is 1290. The average Bonchev–Trinajstić information content (AvgIpc) is 3.32. The standard InChI is InChI=1S/C26H27N7O3/c1-19-15-23(20-3-2-8-27-16-20)31-33(19)22-5-6-24(28-18-22)30-26(34)21-4-7-25(29-17-21)36-14-11-32-9-12-35-13-10-32/h2-8,15-18H,9-14H2,1H3,(H,28,30,34). The number of hydrogen-bond acceptors (Lipinski definition) is 8. The van der Waals surface area contributed by atoms with Crippen molar-refractivity contribution in [2.24, 2.45) is 0 Å². The van der Waals surface area contributed by atoms with Crippen LogP contribution in [0.25, 0.3) is 16.9 Å². The van der Waals surface area contributed by atoms with Crippen molar-refractivity contribution in [1.29, 1.82) is 0 Å². The van der Waals surface area contributed by atoms with E-state index in [1.165, 1.54) is 6.20 Å². The van der Waals surface area contributed by atoms with Crippen molar-refractivity contribution in [3.05, 3.63) is 78.5 Å². The van der Waals surface area contributed by atoms with Gasteiger partial charge < -0.3 is 14.8 Å². The van der Waals surface area contributed by atoms with Gasteiger partial charge in [0.05, 0.1) is 36.4 Å². The van der Waals surface area contributed by atoms with Gasteiger partial charge in [0.1, 0.15) is 12.4 Å². The van der Waals surface area contributed by atoms with E-state index in [4.69, 9.17) is 9.47 Å². The fourth-order valence-corrected chi connectivity index (χ4v) is 3.87. The van der Waals surface area contributed by atoms with E-state index in [0.717, 1.165) is 55.5 Å². The van der Waals surface area contributed by atoms with Crippen molar-refractivity contribution < 1.29 is 14.3 Å². The minimum atomic E-state index is -0.295. The molecule has 0 radical (unpaired) electrons. The van der Waals surface area contributed by atoms with Gasteiger partial charge in [-0.25, -0.2) is 14.6 Å². The summed E-state index contributed by atoms with van der Waals surface area (Å²) in [4.78, 5) is 27.7. The highest BCUT2D eigenvalue weighted by Gasteiger charge is 2.12. The van der Waals surface area contributed by atoms with Crippen LogP contribution >= 0.6 is 0 Å². The molecule has 0 aliphatic carbocycles. The number of nitrogens with one attached hydrogen (secondary N) is 1. The van der Waals surface area contributed by atoms with Crippen molar-refractivity contribution in [2.45, 2.75) is 6.92 Å². The van der Waals surface area contributed by atoms with E-state index in [1.54, 1.807) is 36.8 Å². The Morgan fingerprint density at radius 2 is 1.97 bits per heavy atom. The van der Waals surface area contributed by atoms with Crippen LogP contribution in [-0.4, -0.2) is 75.0 Å². The number of anilines is 1. The second-order valence-electron chi connectivity index (χ2n) is 8.37. The molecule has 4 aromatic rings. The summed E-state index contributed by atoms with van der Waals surface area (Å²) < 4.78 is 12.9. The Morgan fingerprint density at radius 3 is 2.69 bits per heavy atom. The second kappa shape index (κ2) is 11.1. The van der Waals surface area contributed by atoms with Crippen LogP contribution in [0.3, 0.4) is 0 Å². The van der Waals surface area contributed by atoms with Crippen LogP contribution in [0.4, 0.5) is 5.82 Å². The lowest BCUT2D eigenvalue weighted by molar-refractivity contribution is 0.0320. The van der Waals surface area contributed by atoms with E-state index in [-0.39, 0.29) is 5.91 Å². The van der Waals surface area contributed by atoms with Crippen LogP contribution in [0.1, 0.15) is 16.1 Å². The molecule has 1 saturated heterocycles. The normalized spacial score (nSPS) is 13.9. The molecule has 184 valence electrons. The maximum atomic E-state index is 12.6. The number of carbonyl (C=O) groups excluding carboxylic acids is 1. The monoisotopic (exact) mass is 485 g/mol. The Labute approximate surface area is 208 Å². The molecule has 0 bridgehead atoms. The number of rotatable bonds is 8. The first-order valence-corrected chi connectivity index (χ1v) is 11.8. The molecule has 1 N–H and O–H groups in total. The molecule has 0 unspecified atom stereocenters. The summed E-state index contributed by atoms with van der Waals surface area (Å²) in [5, 5.41) is 7.47. The number of aromatic nitrogens is 5. The van der Waals surface area contributed by atoms with Crippen LogP contribution in [0.5, 0.6) is 5.88 Å². The maximum Gasteiger partial charge on any atom is 0.258 e. The zero-order valence-corrected chi connectivity index (χ0v) is 20.0. The number of carbonyl (C=O) groups is 1. The van der Waals surface area contributed by atoms with Crippen LogP contribution in [0.15, 0.2) is 67.3 Å². The molecule has 10 nitrogen and oxygen atoms in total. The summed E-state index contributed by atoms with van der Waals surface area (Å²) in [5.41, 5.74) is 3.95. The van der Waals surface area contributed by atoms with Crippen LogP contribution in [0.2, 0.25) is 0 Å². The zero-order chi connectivity index (χ0) is 24.7. The van der Waals surface area contributed by atoms with E-state index >= 15 is 0 Å². The van der Waals surface area contributed by atoms with Gasteiger partial charge in [-0.3, -0.25) is 14.7 Å². The molecule has 0 atom stereocenters. The molecule has 10 heteroatoms. The molecule has 0 saturated carbocycles. The highest BCUT2D eigenvalue weighted by Crippen LogP contribution is 2.21. The van der Waals surface area contributed by atoms with Crippen molar-refractivity contribution in [3.63, 3.8) is 0 Å². The van der Waals surface area contributed by atoms with E-state index in [1.807, 2.05) is 35.9 Å². The van der Waals surface area contributed by atoms with E-state index in [2.05, 4.69) is 30.3 Å². The van der Waals surface area contributed by atoms with E-state index in [0.29, 0.717) is 23.9 Å². The lowest BCUT2D eigenvalue weighted by Crippen LogP contribution is -2.38. The van der Waals surface area contributed by atoms with Crippen LogP contribution in [-0.2, 0) is 4.74 Å². The molecule has 1 fully saturated rings. The molecule has 0 aromatic carbocycles. The number of amides is 1. The highest BCUT2D eigenvalue weighted by molar-refractivity contribution is 6.03. The fraction of sp³-hybridized carbons (Fsp3) is 0.269. The fourth-order valence-electron chi connectivity index (χ4n) is 3.87. The minimum Gasteiger partial charge on any atom is -0.476 e. The SMILES string of the molecule is Cc1cc(-c2cccnc2)nn1-c1ccc(NC(=O)c2ccc(OCCN3CCOCC3)nc2)nc1. The van der Waals surface area contributed by atoms with Gasteiger partial charge in [-0.2, -0.15) is 5.10 Å². The Kier molecular flexibility index (Phi) is 7.25. The lowest BCUT2D eigenvalue weighted by atomic mass is 10.2. The zero-order valence-electron chi connectivity index (χ0n) is 20.0. The summed E-state index contributed by atoms with van der Waals surface area (Å²) in [5.74, 6) is 0.631. The second-order valence-corrected chi connectivity index (χ2v) is 8.37. The molecule has 0 spiro atoms. The average molecular weight is 486 g/mol. The number of pyridine rings is 3. The highest BCUT2D eigenvalue weighted by atomic mass is 16.5. The largest absolute Gasteiger partial charge is 0.476 e. The molecular weight excluding hydrogens is 458 g/mol. The van der Waals surface area contributed by atoms with Crippen molar-refractivity contribution in [2.75, 3.05) is 44.8 Å². The molecule has 1 aliphatic rings. The van der Waals surface area contributed by atoms with E-state index < -0.39 is 0 Å². The minimum absolute atomic E-state index is 0.295. The third-order valence-corrected chi connectivity index (χ3v) is 5.84. The first-order valence-electron chi connectivity index (χ1n) is 11.8. The summed E-state index contributed by atoms with van der Waals surface area (Å²) in [6, 6.07) is 12.8. The van der Waals surface area contributed by atoms with Gasteiger partial charge in [-0.05, 0) is 43.3 Å². The molecule has 36 heavy (non-hydrogen) atoms. The molecule has 1 aliphatic heterocycles. The van der Waals surface area contributed by atoms with Gasteiger partial charge >= 0.3 is 0 Å². The summed E-state index contributed by atoms with van der Waals surface area (Å²) in [7, 11) is 0. The predicted octanol–water partition coefficient (Wildman–Crippen LogP) is 3.00. The maximum absolute atomic E-state index is 12.6. The van der Waals surface area contributed by atoms with Gasteiger partial charge in [0.15, 0.2) is 0 Å². The van der Waals surface area contributed by atoms with Crippen LogP contribution < -0.4 is 10.1 Å². The number of nitrogens with zero attached hydrogens (tertiary/aromatic N) is 6. The Balaban J connectivity index is 1.16. The van der Waals surface area contributed by atoms with Gasteiger partial charge in [0.2, 0.25) is 5.88 Å². The summed E-state index contributed by atoms with van der Waals surface area (Å²) in [6.07, 6.45) is 6.69. The third kappa shape index (κ3) is 5.73. The molecule has 5 heterocycles. The number of morpholine rings is 1. The number of ether oxygens (including phenoxy) is 2. The topological polar surface area (TPSA) is 107 Å². The van der Waals surface area contributed by atoms with Gasteiger partial charge in [-0.1, -0.05) is 0 Å². The van der Waals surface area contributed by atoms with Crippen molar-refractivity contribution >= 4 is 11.7 Å². The number of hydrogen-bond donors (Lipinski definition) is 1. The first-order chi connectivity index (χ1) is 17.7. The Hall–Kier alpha value is -4.15. The Morgan fingerprint density at radius 1 is 1.08 bits per heavy atom. The summed E-state index contributed by atoms with van der Waals surface area (Å²) in [6.45, 7) is 6.68. The molecule has 5 rings (SSSR count). The molecule has 1 amide bonds. The van der Waals surface area contributed by atoms with Crippen molar-refractivity contribution in [1.82, 2.24) is 29.6 Å². The lowest BCUT2D eigenvalue weighted by Gasteiger charge is -2.26. The van der Waals surface area contributed by atoms with E-state index in [9.17, 15) is 4.79 Å². The molecule has 4 aromatic heterocycles. The van der Waals surface area contributed by atoms with Gasteiger partial charge in [-0.15, -0.1) is 0 Å². The predicted molar refractivity (Wildman–Crippen MR) is 134 cm³/mol.